The molecule has 0 unspecified atom stereocenters. The number of rotatable bonds is 4. The molecule has 1 aromatic heterocycles. The number of amides is 1. The highest BCUT2D eigenvalue weighted by Crippen LogP contribution is 2.21. The monoisotopic (exact) mass is 379 g/mol. The molecule has 0 atom stereocenters. The van der Waals surface area contributed by atoms with Crippen LogP contribution in [0.15, 0.2) is 29.1 Å². The fourth-order valence-corrected chi connectivity index (χ4v) is 3.25. The first kappa shape index (κ1) is 18.2. The molecule has 2 aromatic rings. The molecule has 7 nitrogen and oxygen atoms in total. The van der Waals surface area contributed by atoms with Crippen LogP contribution < -0.4 is 21.5 Å². The number of nitrogens with two attached hydrogens (primary N) is 1. The normalized spacial score (nSPS) is 15.1. The minimum atomic E-state index is -0.479. The summed E-state index contributed by atoms with van der Waals surface area (Å²) in [5.74, 6) is 0.160. The van der Waals surface area contributed by atoms with Crippen molar-refractivity contribution in [2.45, 2.75) is 12.8 Å². The Morgan fingerprint density at radius 3 is 2.77 bits per heavy atom. The number of H-pyrrole nitrogens is 1. The largest absolute Gasteiger partial charge is 0.369 e. The Morgan fingerprint density at radius 2 is 2.12 bits per heavy atom. The van der Waals surface area contributed by atoms with Gasteiger partial charge in [0.1, 0.15) is 11.6 Å². The number of benzene rings is 1. The minimum Gasteiger partial charge on any atom is -0.369 e. The lowest BCUT2D eigenvalue weighted by Gasteiger charge is -2.32. The summed E-state index contributed by atoms with van der Waals surface area (Å²) < 4.78 is 13.1. The molecule has 138 valence electrons. The van der Waals surface area contributed by atoms with Gasteiger partial charge in [0.05, 0.1) is 10.6 Å². The highest BCUT2D eigenvalue weighted by molar-refractivity contribution is 6.33. The molecular weight excluding hydrogens is 361 g/mol. The van der Waals surface area contributed by atoms with Gasteiger partial charge in [0.2, 0.25) is 5.95 Å². The molecule has 26 heavy (non-hydrogen) atoms. The molecule has 4 N–H and O–H groups in total. The lowest BCUT2D eigenvalue weighted by Crippen LogP contribution is -2.39. The SMILES string of the molecule is Nc1nc(N2CCC(CNC(=O)c3ccc(F)cc3Cl)CC2)cc(=O)[nH]1. The van der Waals surface area contributed by atoms with Crippen molar-refractivity contribution in [2.75, 3.05) is 30.3 Å². The van der Waals surface area contributed by atoms with Crippen LogP contribution in [0.4, 0.5) is 16.2 Å². The third kappa shape index (κ3) is 4.32. The number of aromatic amines is 1. The Balaban J connectivity index is 1.52. The Kier molecular flexibility index (Phi) is 5.41. The van der Waals surface area contributed by atoms with E-state index < -0.39 is 5.82 Å². The van der Waals surface area contributed by atoms with E-state index in [-0.39, 0.29) is 28.0 Å². The average molecular weight is 380 g/mol. The number of anilines is 2. The standard InChI is InChI=1S/C17H19ClFN5O2/c18-13-7-11(19)1-2-12(13)16(26)21-9-10-3-5-24(6-4-10)14-8-15(25)23-17(20)22-14/h1-2,7-8,10H,3-6,9H2,(H,21,26)(H3,20,22,23,25). The van der Waals surface area contributed by atoms with E-state index in [0.717, 1.165) is 18.9 Å². The molecule has 1 saturated heterocycles. The van der Waals surface area contributed by atoms with E-state index in [2.05, 4.69) is 15.3 Å². The summed E-state index contributed by atoms with van der Waals surface area (Å²) in [5, 5.41) is 2.94. The topological polar surface area (TPSA) is 104 Å². The van der Waals surface area contributed by atoms with Crippen LogP contribution in [-0.4, -0.2) is 35.5 Å². The lowest BCUT2D eigenvalue weighted by atomic mass is 9.96. The van der Waals surface area contributed by atoms with Gasteiger partial charge >= 0.3 is 0 Å². The molecule has 1 aliphatic heterocycles. The quantitative estimate of drug-likeness (QED) is 0.751. The average Bonchev–Trinajstić information content (AvgIpc) is 2.59. The molecule has 0 bridgehead atoms. The highest BCUT2D eigenvalue weighted by atomic mass is 35.5. The number of hydrogen-bond acceptors (Lipinski definition) is 5. The number of nitrogens with zero attached hydrogens (tertiary/aromatic N) is 2. The lowest BCUT2D eigenvalue weighted by molar-refractivity contribution is 0.0945. The molecule has 1 aromatic carbocycles. The summed E-state index contributed by atoms with van der Waals surface area (Å²) >= 11 is 5.91. The van der Waals surface area contributed by atoms with Crippen molar-refractivity contribution in [3.8, 4) is 0 Å². The van der Waals surface area contributed by atoms with Crippen LogP contribution >= 0.6 is 11.6 Å². The smallest absolute Gasteiger partial charge is 0.254 e. The van der Waals surface area contributed by atoms with Crippen molar-refractivity contribution in [3.63, 3.8) is 0 Å². The van der Waals surface area contributed by atoms with E-state index in [0.29, 0.717) is 31.4 Å². The van der Waals surface area contributed by atoms with Crippen LogP contribution in [0, 0.1) is 11.7 Å². The van der Waals surface area contributed by atoms with Crippen LogP contribution in [0.25, 0.3) is 0 Å². The van der Waals surface area contributed by atoms with Crippen LogP contribution in [0.1, 0.15) is 23.2 Å². The second-order valence-corrected chi connectivity index (χ2v) is 6.66. The predicted octanol–water partition coefficient (Wildman–Crippen LogP) is 1.79. The van der Waals surface area contributed by atoms with E-state index in [9.17, 15) is 14.0 Å². The van der Waals surface area contributed by atoms with Gasteiger partial charge in [-0.3, -0.25) is 14.6 Å². The maximum Gasteiger partial charge on any atom is 0.254 e. The van der Waals surface area contributed by atoms with Crippen LogP contribution in [-0.2, 0) is 0 Å². The first-order chi connectivity index (χ1) is 12.4. The van der Waals surface area contributed by atoms with Gasteiger partial charge in [0.15, 0.2) is 0 Å². The molecule has 0 aliphatic carbocycles. The van der Waals surface area contributed by atoms with Gasteiger partial charge in [-0.15, -0.1) is 0 Å². The number of carbonyl (C=O) groups is 1. The van der Waals surface area contributed by atoms with Gasteiger partial charge in [0, 0.05) is 25.7 Å². The van der Waals surface area contributed by atoms with Gasteiger partial charge in [-0.1, -0.05) is 11.6 Å². The Bertz CT molecular complexity index is 864. The first-order valence-electron chi connectivity index (χ1n) is 8.27. The Morgan fingerprint density at radius 1 is 1.38 bits per heavy atom. The Hall–Kier alpha value is -2.61. The summed E-state index contributed by atoms with van der Waals surface area (Å²) in [6, 6.07) is 5.13. The molecule has 0 saturated carbocycles. The number of carbonyl (C=O) groups excluding carboxylic acids is 1. The number of hydrogen-bond donors (Lipinski definition) is 3. The highest BCUT2D eigenvalue weighted by Gasteiger charge is 2.22. The van der Waals surface area contributed by atoms with Crippen molar-refractivity contribution in [1.29, 1.82) is 0 Å². The fraction of sp³-hybridized carbons (Fsp3) is 0.353. The molecule has 1 amide bonds. The number of halogens is 2. The van der Waals surface area contributed by atoms with E-state index in [1.165, 1.54) is 18.2 Å². The van der Waals surface area contributed by atoms with Crippen molar-refractivity contribution < 1.29 is 9.18 Å². The maximum absolute atomic E-state index is 13.1. The molecule has 2 heterocycles. The van der Waals surface area contributed by atoms with Gasteiger partial charge in [-0.2, -0.15) is 4.98 Å². The number of aromatic nitrogens is 2. The molecule has 9 heteroatoms. The van der Waals surface area contributed by atoms with Gasteiger partial charge < -0.3 is 16.0 Å². The van der Waals surface area contributed by atoms with Crippen molar-refractivity contribution in [1.82, 2.24) is 15.3 Å². The third-order valence-corrected chi connectivity index (χ3v) is 4.72. The number of nitrogen functional groups attached to an aromatic ring is 1. The van der Waals surface area contributed by atoms with E-state index >= 15 is 0 Å². The zero-order chi connectivity index (χ0) is 18.7. The predicted molar refractivity (Wildman–Crippen MR) is 98.0 cm³/mol. The molecule has 1 fully saturated rings. The van der Waals surface area contributed by atoms with E-state index in [1.54, 1.807) is 0 Å². The minimum absolute atomic E-state index is 0.0929. The Labute approximate surface area is 154 Å². The number of piperidine rings is 1. The zero-order valence-electron chi connectivity index (χ0n) is 14.0. The van der Waals surface area contributed by atoms with Crippen LogP contribution in [0.5, 0.6) is 0 Å². The van der Waals surface area contributed by atoms with Crippen LogP contribution in [0.3, 0.4) is 0 Å². The summed E-state index contributed by atoms with van der Waals surface area (Å²) in [6.45, 7) is 1.94. The number of nitrogens with one attached hydrogen (secondary N) is 2. The second kappa shape index (κ2) is 7.74. The third-order valence-electron chi connectivity index (χ3n) is 4.41. The second-order valence-electron chi connectivity index (χ2n) is 6.25. The fourth-order valence-electron chi connectivity index (χ4n) is 3.00. The van der Waals surface area contributed by atoms with Crippen molar-refractivity contribution in [3.05, 3.63) is 51.0 Å². The van der Waals surface area contributed by atoms with Crippen molar-refractivity contribution >= 4 is 29.3 Å². The molecule has 3 rings (SSSR count). The van der Waals surface area contributed by atoms with Crippen LogP contribution in [0.2, 0.25) is 5.02 Å². The van der Waals surface area contributed by atoms with Gasteiger partial charge in [-0.05, 0) is 37.0 Å². The molecule has 0 spiro atoms. The summed E-state index contributed by atoms with van der Waals surface area (Å²) in [7, 11) is 0. The van der Waals surface area contributed by atoms with Gasteiger partial charge in [-0.25, -0.2) is 4.39 Å². The summed E-state index contributed by atoms with van der Waals surface area (Å²) in [4.78, 5) is 32.2. The molecular formula is C17H19ClFN5O2. The van der Waals surface area contributed by atoms with E-state index in [1.807, 2.05) is 4.90 Å². The summed E-state index contributed by atoms with van der Waals surface area (Å²) in [6.07, 6.45) is 1.68. The van der Waals surface area contributed by atoms with E-state index in [4.69, 9.17) is 17.3 Å². The first-order valence-corrected chi connectivity index (χ1v) is 8.65. The molecule has 1 aliphatic rings. The van der Waals surface area contributed by atoms with Gasteiger partial charge in [0.25, 0.3) is 11.5 Å². The molecule has 0 radical (unpaired) electrons. The zero-order valence-corrected chi connectivity index (χ0v) is 14.7. The van der Waals surface area contributed by atoms with Crippen molar-refractivity contribution in [2.24, 2.45) is 5.92 Å². The summed E-state index contributed by atoms with van der Waals surface area (Å²) in [5.41, 5.74) is 5.55. The maximum atomic E-state index is 13.1.